The lowest BCUT2D eigenvalue weighted by atomic mass is 10.3. The van der Waals surface area contributed by atoms with Gasteiger partial charge in [0.1, 0.15) is 6.54 Å². The predicted octanol–water partition coefficient (Wildman–Crippen LogP) is 0.599. The molecule has 0 unspecified atom stereocenters. The zero-order valence-electron chi connectivity index (χ0n) is 11.1. The normalized spacial score (nSPS) is 12.2. The molecule has 0 bridgehead atoms. The van der Waals surface area contributed by atoms with Crippen LogP contribution in [0.15, 0.2) is 4.99 Å². The Kier molecular flexibility index (Phi) is 10.2. The minimum atomic E-state index is -6.09. The van der Waals surface area contributed by atoms with E-state index < -0.39 is 15.6 Å². The van der Waals surface area contributed by atoms with Crippen LogP contribution in [0.5, 0.6) is 0 Å². The lowest BCUT2D eigenvalue weighted by Crippen LogP contribution is -2.42. The molecule has 0 rings (SSSR count). The highest BCUT2D eigenvalue weighted by Gasteiger charge is 2.36. The molecule has 20 heavy (non-hydrogen) atoms. The second-order valence-electron chi connectivity index (χ2n) is 4.33. The molecule has 0 radical (unpaired) electrons. The van der Waals surface area contributed by atoms with Crippen molar-refractivity contribution < 1.29 is 35.7 Å². The van der Waals surface area contributed by atoms with Crippen LogP contribution in [-0.2, 0) is 10.1 Å². The van der Waals surface area contributed by atoms with Gasteiger partial charge in [-0.2, -0.15) is 13.2 Å². The summed E-state index contributed by atoms with van der Waals surface area (Å²) in [5.41, 5.74) is -5.65. The van der Waals surface area contributed by atoms with Gasteiger partial charge in [0.15, 0.2) is 10.1 Å². The van der Waals surface area contributed by atoms with E-state index in [2.05, 4.69) is 36.5 Å². The lowest BCUT2D eigenvalue weighted by Gasteiger charge is -2.28. The van der Waals surface area contributed by atoms with E-state index in [1.54, 1.807) is 0 Å². The molecule has 0 saturated carbocycles. The molecular formula is C9H17F3N2O4S2. The van der Waals surface area contributed by atoms with Crippen LogP contribution in [0, 0.1) is 0 Å². The molecule has 0 aliphatic heterocycles. The fourth-order valence-corrected chi connectivity index (χ4v) is 1.10. The van der Waals surface area contributed by atoms with Crippen LogP contribution in [0.4, 0.5) is 13.2 Å². The summed E-state index contributed by atoms with van der Waals surface area (Å²) in [6.07, 6.45) is 0.997. The topological polar surface area (TPSA) is 89.8 Å². The van der Waals surface area contributed by atoms with Crippen molar-refractivity contribution in [3.05, 3.63) is 0 Å². The zero-order chi connectivity index (χ0) is 16.4. The molecule has 0 aliphatic rings. The number of nitrogens with zero attached hydrogens (tertiary/aromatic N) is 2. The van der Waals surface area contributed by atoms with Gasteiger partial charge in [-0.1, -0.05) is 0 Å². The van der Waals surface area contributed by atoms with E-state index in [0.29, 0.717) is 0 Å². The summed E-state index contributed by atoms with van der Waals surface area (Å²) >= 11 is 4.45. The Labute approximate surface area is 121 Å². The van der Waals surface area contributed by atoms with Crippen LogP contribution in [0.2, 0.25) is 0 Å². The molecule has 0 spiro atoms. The van der Waals surface area contributed by atoms with Gasteiger partial charge >= 0.3 is 5.51 Å². The first-order chi connectivity index (χ1) is 8.87. The fraction of sp³-hybridized carbons (Fsp3) is 0.889. The van der Waals surface area contributed by atoms with Gasteiger partial charge in [0.25, 0.3) is 0 Å². The molecule has 11 heteroatoms. The summed E-state index contributed by atoms with van der Waals surface area (Å²) in [5.74, 6) is 0. The van der Waals surface area contributed by atoms with Crippen LogP contribution in [0.3, 0.4) is 0 Å². The van der Waals surface area contributed by atoms with E-state index in [4.69, 9.17) is 18.1 Å². The van der Waals surface area contributed by atoms with Gasteiger partial charge in [-0.15, -0.1) is 0 Å². The van der Waals surface area contributed by atoms with Gasteiger partial charge in [0.05, 0.1) is 39.0 Å². The molecule has 0 aromatic heterocycles. The standard InChI is InChI=1S/C8H17N2OS.CHF3O3S/c1-10(2,6-7-11)5-3-4-9-8-12;2-1(3,4)8(5,6)7/h11H,3-7H2,1-2H3;(H,5,6,7)/q+1;/p-1. The average molecular weight is 338 g/mol. The Morgan fingerprint density at radius 2 is 1.80 bits per heavy atom. The number of quaternary nitrogens is 1. The maximum atomic E-state index is 10.7. The number of aliphatic hydroxyl groups is 1. The number of halogens is 3. The van der Waals surface area contributed by atoms with E-state index in [1.807, 2.05) is 0 Å². The first-order valence-corrected chi connectivity index (χ1v) is 7.17. The fourth-order valence-electron chi connectivity index (χ4n) is 1.01. The molecule has 0 atom stereocenters. The summed E-state index contributed by atoms with van der Waals surface area (Å²) in [5, 5.41) is 11.1. The highest BCUT2D eigenvalue weighted by molar-refractivity contribution is 7.86. The first kappa shape index (κ1) is 21.7. The van der Waals surface area contributed by atoms with E-state index in [-0.39, 0.29) is 6.61 Å². The Morgan fingerprint density at radius 3 is 2.10 bits per heavy atom. The average Bonchev–Trinajstić information content (AvgIpc) is 2.22. The van der Waals surface area contributed by atoms with Crippen LogP contribution in [0.25, 0.3) is 0 Å². The number of hydrogen-bond acceptors (Lipinski definition) is 6. The van der Waals surface area contributed by atoms with Gasteiger partial charge in [-0.25, -0.2) is 13.4 Å². The van der Waals surface area contributed by atoms with E-state index in [9.17, 15) is 13.2 Å². The first-order valence-electron chi connectivity index (χ1n) is 5.36. The van der Waals surface area contributed by atoms with Gasteiger partial charge in [0.2, 0.25) is 0 Å². The van der Waals surface area contributed by atoms with E-state index in [1.165, 1.54) is 0 Å². The van der Waals surface area contributed by atoms with Crippen molar-refractivity contribution in [1.29, 1.82) is 0 Å². The number of aliphatic hydroxyl groups excluding tert-OH is 1. The third-order valence-corrected chi connectivity index (χ3v) is 2.78. The molecule has 6 nitrogen and oxygen atoms in total. The Bertz CT molecular complexity index is 417. The third-order valence-electron chi connectivity index (χ3n) is 2.09. The van der Waals surface area contributed by atoms with Crippen molar-refractivity contribution >= 4 is 27.5 Å². The number of rotatable bonds is 6. The minimum absolute atomic E-state index is 0.240. The third kappa shape index (κ3) is 12.5. The summed E-state index contributed by atoms with van der Waals surface area (Å²) in [4.78, 5) is 3.83. The Balaban J connectivity index is 0. The van der Waals surface area contributed by atoms with Crippen molar-refractivity contribution in [3.8, 4) is 0 Å². The highest BCUT2D eigenvalue weighted by atomic mass is 32.2. The minimum Gasteiger partial charge on any atom is -0.741 e. The smallest absolute Gasteiger partial charge is 0.485 e. The molecule has 0 aromatic rings. The Morgan fingerprint density at radius 1 is 1.35 bits per heavy atom. The molecule has 0 heterocycles. The predicted molar refractivity (Wildman–Crippen MR) is 69.2 cm³/mol. The largest absolute Gasteiger partial charge is 0.741 e. The molecule has 0 amide bonds. The van der Waals surface area contributed by atoms with Gasteiger partial charge < -0.3 is 14.1 Å². The number of hydrogen-bond donors (Lipinski definition) is 1. The number of likely N-dealkylation sites (N-methyl/N-ethyl adjacent to an activating group) is 1. The van der Waals surface area contributed by atoms with Crippen molar-refractivity contribution in [2.75, 3.05) is 40.3 Å². The Hall–Kier alpha value is -0.580. The SMILES string of the molecule is C[N+](C)(CCO)CCCN=C=S.O=S(=O)([O-])C(F)(F)F. The highest BCUT2D eigenvalue weighted by Crippen LogP contribution is 2.20. The van der Waals surface area contributed by atoms with Crippen molar-refractivity contribution in [2.45, 2.75) is 11.9 Å². The molecule has 0 fully saturated rings. The number of thiocarbonyl (C=S) groups is 1. The summed E-state index contributed by atoms with van der Waals surface area (Å²) in [6, 6.07) is 0. The van der Waals surface area contributed by atoms with Crippen LogP contribution in [0.1, 0.15) is 6.42 Å². The zero-order valence-corrected chi connectivity index (χ0v) is 12.7. The van der Waals surface area contributed by atoms with Crippen LogP contribution >= 0.6 is 12.2 Å². The van der Waals surface area contributed by atoms with Crippen LogP contribution in [-0.4, -0.2) is 73.6 Å². The van der Waals surface area contributed by atoms with Crippen molar-refractivity contribution in [3.63, 3.8) is 0 Å². The second-order valence-corrected chi connectivity index (χ2v) is 5.89. The van der Waals surface area contributed by atoms with Crippen LogP contribution < -0.4 is 0 Å². The van der Waals surface area contributed by atoms with Gasteiger partial charge in [-0.05, 0) is 12.2 Å². The maximum Gasteiger partial charge on any atom is 0.485 e. The van der Waals surface area contributed by atoms with Gasteiger partial charge in [0, 0.05) is 6.42 Å². The molecule has 1 N–H and O–H groups in total. The molecule has 0 aliphatic carbocycles. The van der Waals surface area contributed by atoms with Gasteiger partial charge in [-0.3, -0.25) is 0 Å². The number of aliphatic imine (C=N–C) groups is 1. The molecule has 0 saturated heterocycles. The van der Waals surface area contributed by atoms with Crippen molar-refractivity contribution in [2.24, 2.45) is 4.99 Å². The number of isothiocyanates is 1. The summed E-state index contributed by atoms with van der Waals surface area (Å²) in [6.45, 7) is 2.79. The molecule has 0 aromatic carbocycles. The molecular weight excluding hydrogens is 321 g/mol. The van der Waals surface area contributed by atoms with Crippen molar-refractivity contribution in [1.82, 2.24) is 0 Å². The summed E-state index contributed by atoms with van der Waals surface area (Å²) in [7, 11) is -1.90. The maximum absolute atomic E-state index is 10.7. The monoisotopic (exact) mass is 338 g/mol. The molecule has 120 valence electrons. The second kappa shape index (κ2) is 9.37. The quantitative estimate of drug-likeness (QED) is 0.191. The van der Waals surface area contributed by atoms with E-state index in [0.717, 1.165) is 30.5 Å². The van der Waals surface area contributed by atoms with E-state index >= 15 is 0 Å². The number of alkyl halides is 3. The lowest BCUT2D eigenvalue weighted by molar-refractivity contribution is -0.890. The summed E-state index contributed by atoms with van der Waals surface area (Å²) < 4.78 is 59.7.